The lowest BCUT2D eigenvalue weighted by Gasteiger charge is -2.34. The van der Waals surface area contributed by atoms with E-state index in [4.69, 9.17) is 0 Å². The van der Waals surface area contributed by atoms with E-state index in [9.17, 15) is 22.0 Å². The average molecular weight is 438 g/mol. The summed E-state index contributed by atoms with van der Waals surface area (Å²) in [5.74, 6) is -2.39. The molecule has 2 aromatic carbocycles. The number of benzene rings is 2. The Morgan fingerprint density at radius 1 is 1.03 bits per heavy atom. The molecule has 1 aliphatic rings. The molecule has 1 heterocycles. The van der Waals surface area contributed by atoms with Gasteiger partial charge in [-0.15, -0.1) is 0 Å². The Balaban J connectivity index is 1.57. The van der Waals surface area contributed by atoms with Crippen LogP contribution in [0.5, 0.6) is 0 Å². The fraction of sp³-hybridized carbons (Fsp3) is 0.381. The lowest BCUT2D eigenvalue weighted by molar-refractivity contribution is -0.131. The first-order chi connectivity index (χ1) is 14.2. The average Bonchev–Trinajstić information content (AvgIpc) is 2.72. The van der Waals surface area contributed by atoms with Crippen molar-refractivity contribution in [3.63, 3.8) is 0 Å². The second kappa shape index (κ2) is 9.20. The molecule has 0 aromatic heterocycles. The molecular weight excluding hydrogens is 412 g/mol. The predicted molar refractivity (Wildman–Crippen MR) is 109 cm³/mol. The van der Waals surface area contributed by atoms with Crippen LogP contribution in [0.4, 0.5) is 8.78 Å². The summed E-state index contributed by atoms with van der Waals surface area (Å²) in [5.41, 5.74) is 2.23. The normalized spacial score (nSPS) is 16.5. The topological polar surface area (TPSA) is 69.7 Å². The zero-order chi connectivity index (χ0) is 21.9. The minimum atomic E-state index is -4.31. The smallest absolute Gasteiger partial charge is 0.249 e. The molecule has 6 nitrogen and oxygen atoms in total. The third-order valence-corrected chi connectivity index (χ3v) is 7.27. The summed E-state index contributed by atoms with van der Waals surface area (Å²) in [6.07, 6.45) is 0. The Bertz CT molecular complexity index is 1000. The van der Waals surface area contributed by atoms with Gasteiger partial charge in [0.2, 0.25) is 15.9 Å². The van der Waals surface area contributed by atoms with Crippen LogP contribution in [-0.2, 0) is 14.8 Å². The highest BCUT2D eigenvalue weighted by Gasteiger charge is 2.34. The Morgan fingerprint density at radius 3 is 2.23 bits per heavy atom. The quantitative estimate of drug-likeness (QED) is 0.754. The highest BCUT2D eigenvalue weighted by molar-refractivity contribution is 7.89. The molecule has 1 amide bonds. The maximum Gasteiger partial charge on any atom is 0.249 e. The molecule has 0 saturated carbocycles. The summed E-state index contributed by atoms with van der Waals surface area (Å²) >= 11 is 0. The van der Waals surface area contributed by atoms with Gasteiger partial charge in [-0.3, -0.25) is 4.79 Å². The Hall–Kier alpha value is -2.36. The van der Waals surface area contributed by atoms with Crippen LogP contribution in [0.1, 0.15) is 24.1 Å². The number of sulfonamides is 1. The number of rotatable bonds is 6. The van der Waals surface area contributed by atoms with Crippen LogP contribution in [0, 0.1) is 18.6 Å². The van der Waals surface area contributed by atoms with E-state index < -0.39 is 26.6 Å². The second-order valence-electron chi connectivity index (χ2n) is 7.29. The molecule has 162 valence electrons. The lowest BCUT2D eigenvalue weighted by atomic mass is 10.0. The number of hydrogen-bond donors (Lipinski definition) is 1. The van der Waals surface area contributed by atoms with E-state index in [2.05, 4.69) is 5.32 Å². The SMILES string of the molecule is Cc1ccccc1C(C)NCC(=O)N1CCN(S(=O)(=O)c2c(F)cccc2F)CC1. The van der Waals surface area contributed by atoms with Crippen LogP contribution in [-0.4, -0.2) is 56.3 Å². The fourth-order valence-corrected chi connectivity index (χ4v) is 5.10. The predicted octanol–water partition coefficient (Wildman–Crippen LogP) is 2.46. The fourth-order valence-electron chi connectivity index (χ4n) is 3.57. The lowest BCUT2D eigenvalue weighted by Crippen LogP contribution is -2.52. The first kappa shape index (κ1) is 22.3. The minimum Gasteiger partial charge on any atom is -0.339 e. The maximum atomic E-state index is 13.9. The summed E-state index contributed by atoms with van der Waals surface area (Å²) in [7, 11) is -4.31. The maximum absolute atomic E-state index is 13.9. The monoisotopic (exact) mass is 437 g/mol. The Kier molecular flexibility index (Phi) is 6.84. The van der Waals surface area contributed by atoms with Crippen molar-refractivity contribution in [1.29, 1.82) is 0 Å². The molecule has 1 fully saturated rings. The molecule has 3 rings (SSSR count). The van der Waals surface area contributed by atoms with E-state index >= 15 is 0 Å². The van der Waals surface area contributed by atoms with E-state index in [1.54, 1.807) is 4.90 Å². The van der Waals surface area contributed by atoms with Gasteiger partial charge in [0.05, 0.1) is 6.54 Å². The van der Waals surface area contributed by atoms with E-state index in [1.165, 1.54) is 0 Å². The number of carbonyl (C=O) groups excluding carboxylic acids is 1. The summed E-state index contributed by atoms with van der Waals surface area (Å²) in [6.45, 7) is 4.38. The second-order valence-corrected chi connectivity index (χ2v) is 9.17. The van der Waals surface area contributed by atoms with Crippen LogP contribution in [0.2, 0.25) is 0 Å². The Morgan fingerprint density at radius 2 is 1.63 bits per heavy atom. The van der Waals surface area contributed by atoms with Crippen molar-refractivity contribution in [2.45, 2.75) is 24.8 Å². The number of nitrogens with zero attached hydrogens (tertiary/aromatic N) is 2. The molecule has 1 unspecified atom stereocenters. The van der Waals surface area contributed by atoms with Gasteiger partial charge in [0.25, 0.3) is 0 Å². The van der Waals surface area contributed by atoms with E-state index in [0.29, 0.717) is 0 Å². The van der Waals surface area contributed by atoms with Crippen molar-refractivity contribution in [3.05, 3.63) is 65.2 Å². The molecule has 0 radical (unpaired) electrons. The van der Waals surface area contributed by atoms with Crippen LogP contribution >= 0.6 is 0 Å². The van der Waals surface area contributed by atoms with Gasteiger partial charge < -0.3 is 10.2 Å². The molecule has 0 bridgehead atoms. The van der Waals surface area contributed by atoms with Crippen molar-refractivity contribution in [2.75, 3.05) is 32.7 Å². The molecule has 2 aromatic rings. The largest absolute Gasteiger partial charge is 0.339 e. The third kappa shape index (κ3) is 4.69. The minimum absolute atomic E-state index is 0.0131. The van der Waals surface area contributed by atoms with Crippen molar-refractivity contribution < 1.29 is 22.0 Å². The first-order valence-electron chi connectivity index (χ1n) is 9.72. The highest BCUT2D eigenvalue weighted by Crippen LogP contribution is 2.23. The van der Waals surface area contributed by atoms with Crippen molar-refractivity contribution in [2.24, 2.45) is 0 Å². The van der Waals surface area contributed by atoms with Gasteiger partial charge in [0.15, 0.2) is 4.90 Å². The van der Waals surface area contributed by atoms with Gasteiger partial charge >= 0.3 is 0 Å². The molecule has 9 heteroatoms. The summed E-state index contributed by atoms with van der Waals surface area (Å²) < 4.78 is 54.2. The van der Waals surface area contributed by atoms with Crippen molar-refractivity contribution >= 4 is 15.9 Å². The van der Waals surface area contributed by atoms with Crippen molar-refractivity contribution in [1.82, 2.24) is 14.5 Å². The number of carbonyl (C=O) groups is 1. The van der Waals surface area contributed by atoms with Gasteiger partial charge in [0, 0.05) is 32.2 Å². The first-order valence-corrected chi connectivity index (χ1v) is 11.2. The van der Waals surface area contributed by atoms with Crippen LogP contribution in [0.3, 0.4) is 0 Å². The zero-order valence-electron chi connectivity index (χ0n) is 16.9. The number of amides is 1. The highest BCUT2D eigenvalue weighted by atomic mass is 32.2. The van der Waals surface area contributed by atoms with Crippen LogP contribution in [0.15, 0.2) is 47.4 Å². The van der Waals surface area contributed by atoms with Gasteiger partial charge in [0.1, 0.15) is 11.6 Å². The van der Waals surface area contributed by atoms with Crippen LogP contribution < -0.4 is 5.32 Å². The molecule has 1 atom stereocenters. The van der Waals surface area contributed by atoms with Gasteiger partial charge in [-0.1, -0.05) is 30.3 Å². The number of piperazine rings is 1. The van der Waals surface area contributed by atoms with Gasteiger partial charge in [-0.2, -0.15) is 4.31 Å². The standard InChI is InChI=1S/C21H25F2N3O3S/c1-15-6-3-4-7-17(15)16(2)24-14-20(27)25-10-12-26(13-11-25)30(28,29)21-18(22)8-5-9-19(21)23/h3-9,16,24H,10-14H2,1-2H3. The van der Waals surface area contributed by atoms with Crippen molar-refractivity contribution in [3.8, 4) is 0 Å². The van der Waals surface area contributed by atoms with Gasteiger partial charge in [-0.25, -0.2) is 17.2 Å². The number of halogens is 2. The zero-order valence-corrected chi connectivity index (χ0v) is 17.8. The van der Waals surface area contributed by atoms with Crippen LogP contribution in [0.25, 0.3) is 0 Å². The molecular formula is C21H25F2N3O3S. The number of aryl methyl sites for hydroxylation is 1. The molecule has 0 aliphatic carbocycles. The molecule has 30 heavy (non-hydrogen) atoms. The van der Waals surface area contributed by atoms with Gasteiger partial charge in [-0.05, 0) is 37.1 Å². The van der Waals surface area contributed by atoms with E-state index in [-0.39, 0.29) is 44.7 Å². The van der Waals surface area contributed by atoms with E-state index in [1.807, 2.05) is 38.1 Å². The summed E-state index contributed by atoms with van der Waals surface area (Å²) in [5, 5.41) is 3.20. The Labute approximate surface area is 175 Å². The number of nitrogens with one attached hydrogen (secondary N) is 1. The number of hydrogen-bond acceptors (Lipinski definition) is 4. The molecule has 1 N–H and O–H groups in total. The molecule has 1 aliphatic heterocycles. The molecule has 0 spiro atoms. The molecule has 1 saturated heterocycles. The summed E-state index contributed by atoms with van der Waals surface area (Å²) in [4.78, 5) is 13.1. The van der Waals surface area contributed by atoms with E-state index in [0.717, 1.165) is 33.6 Å². The third-order valence-electron chi connectivity index (χ3n) is 5.32. The summed E-state index contributed by atoms with van der Waals surface area (Å²) in [6, 6.07) is 10.8.